The van der Waals surface area contributed by atoms with Gasteiger partial charge in [0.1, 0.15) is 6.54 Å². The van der Waals surface area contributed by atoms with E-state index in [0.717, 1.165) is 29.5 Å². The third-order valence-corrected chi connectivity index (χ3v) is 3.93. The Bertz CT molecular complexity index is 526. The second-order valence-corrected chi connectivity index (χ2v) is 5.67. The molecular formula is C16H21NO3. The number of amides is 1. The van der Waals surface area contributed by atoms with Crippen molar-refractivity contribution in [1.82, 2.24) is 4.90 Å². The Labute approximate surface area is 119 Å². The van der Waals surface area contributed by atoms with Crippen LogP contribution in [0.3, 0.4) is 0 Å². The van der Waals surface area contributed by atoms with Crippen LogP contribution in [0.25, 0.3) is 0 Å². The molecule has 0 atom stereocenters. The molecule has 20 heavy (non-hydrogen) atoms. The van der Waals surface area contributed by atoms with Crippen LogP contribution in [0.2, 0.25) is 0 Å². The molecule has 1 amide bonds. The molecule has 0 heterocycles. The normalized spacial score (nSPS) is 15.8. The van der Waals surface area contributed by atoms with Crippen molar-refractivity contribution in [2.45, 2.75) is 39.0 Å². The predicted molar refractivity (Wildman–Crippen MR) is 76.7 cm³/mol. The Kier molecular flexibility index (Phi) is 3.84. The first-order valence-electron chi connectivity index (χ1n) is 6.99. The average molecular weight is 275 g/mol. The van der Waals surface area contributed by atoms with Crippen LogP contribution in [0.4, 0.5) is 0 Å². The summed E-state index contributed by atoms with van der Waals surface area (Å²) in [6.07, 6.45) is 1.62. The number of aryl methyl sites for hydroxylation is 2. The molecule has 1 aromatic rings. The number of carboxylic acid groups (broad SMARTS) is 1. The van der Waals surface area contributed by atoms with E-state index >= 15 is 0 Å². The number of rotatable bonds is 5. The smallest absolute Gasteiger partial charge is 0.323 e. The summed E-state index contributed by atoms with van der Waals surface area (Å²) in [5.41, 5.74) is 2.83. The first kappa shape index (κ1) is 14.6. The summed E-state index contributed by atoms with van der Waals surface area (Å²) in [5.74, 6) is -1.01. The Morgan fingerprint density at radius 2 is 1.75 bits per heavy atom. The van der Waals surface area contributed by atoms with Gasteiger partial charge >= 0.3 is 5.97 Å². The van der Waals surface area contributed by atoms with Gasteiger partial charge in [0.2, 0.25) is 5.91 Å². The molecule has 4 heteroatoms. The fourth-order valence-electron chi connectivity index (χ4n) is 2.80. The third kappa shape index (κ3) is 2.69. The quantitative estimate of drug-likeness (QED) is 0.896. The Morgan fingerprint density at radius 1 is 1.20 bits per heavy atom. The lowest BCUT2D eigenvalue weighted by atomic mass is 9.91. The third-order valence-electron chi connectivity index (χ3n) is 3.93. The van der Waals surface area contributed by atoms with E-state index in [-0.39, 0.29) is 12.5 Å². The number of carbonyl (C=O) groups excluding carboxylic acids is 1. The largest absolute Gasteiger partial charge is 0.480 e. The van der Waals surface area contributed by atoms with Crippen molar-refractivity contribution in [2.24, 2.45) is 0 Å². The van der Waals surface area contributed by atoms with Crippen LogP contribution in [0.1, 0.15) is 36.5 Å². The summed E-state index contributed by atoms with van der Waals surface area (Å²) in [6.45, 7) is 6.07. The lowest BCUT2D eigenvalue weighted by Gasteiger charge is -2.25. The second-order valence-electron chi connectivity index (χ2n) is 5.67. The van der Waals surface area contributed by atoms with Crippen LogP contribution in [0.5, 0.6) is 0 Å². The summed E-state index contributed by atoms with van der Waals surface area (Å²) in [6, 6.07) is 6.18. The van der Waals surface area contributed by atoms with E-state index in [2.05, 4.69) is 6.07 Å². The van der Waals surface area contributed by atoms with Crippen LogP contribution >= 0.6 is 0 Å². The van der Waals surface area contributed by atoms with Crippen LogP contribution in [0, 0.1) is 13.8 Å². The summed E-state index contributed by atoms with van der Waals surface area (Å²) < 4.78 is 0. The second kappa shape index (κ2) is 5.27. The van der Waals surface area contributed by atoms with Crippen LogP contribution in [-0.4, -0.2) is 35.0 Å². The van der Waals surface area contributed by atoms with Gasteiger partial charge in [0.05, 0.1) is 5.41 Å². The molecular weight excluding hydrogens is 254 g/mol. The van der Waals surface area contributed by atoms with Gasteiger partial charge in [-0.15, -0.1) is 0 Å². The summed E-state index contributed by atoms with van der Waals surface area (Å²) >= 11 is 0. The molecule has 1 N–H and O–H groups in total. The van der Waals surface area contributed by atoms with Crippen molar-refractivity contribution in [1.29, 1.82) is 0 Å². The molecule has 0 bridgehead atoms. The molecule has 0 unspecified atom stereocenters. The van der Waals surface area contributed by atoms with E-state index in [0.29, 0.717) is 6.54 Å². The highest BCUT2D eigenvalue weighted by atomic mass is 16.4. The minimum Gasteiger partial charge on any atom is -0.480 e. The van der Waals surface area contributed by atoms with Gasteiger partial charge in [-0.3, -0.25) is 9.59 Å². The Hall–Kier alpha value is -1.84. The van der Waals surface area contributed by atoms with Crippen molar-refractivity contribution < 1.29 is 14.7 Å². The number of hydrogen-bond acceptors (Lipinski definition) is 2. The van der Waals surface area contributed by atoms with E-state index < -0.39 is 11.4 Å². The number of aliphatic carboxylic acids is 1. The fourth-order valence-corrected chi connectivity index (χ4v) is 2.80. The topological polar surface area (TPSA) is 57.6 Å². The van der Waals surface area contributed by atoms with Crippen molar-refractivity contribution in [3.05, 3.63) is 34.9 Å². The summed E-state index contributed by atoms with van der Waals surface area (Å²) in [5, 5.41) is 8.91. The summed E-state index contributed by atoms with van der Waals surface area (Å²) in [4.78, 5) is 25.0. The number of likely N-dealkylation sites (N-methyl/N-ethyl adjacent to an activating group) is 1. The van der Waals surface area contributed by atoms with Crippen LogP contribution in [-0.2, 0) is 15.0 Å². The molecule has 2 rings (SSSR count). The van der Waals surface area contributed by atoms with Gasteiger partial charge in [0.15, 0.2) is 0 Å². The highest BCUT2D eigenvalue weighted by Crippen LogP contribution is 2.50. The Morgan fingerprint density at radius 3 is 2.15 bits per heavy atom. The predicted octanol–water partition coefficient (Wildman–Crippen LogP) is 2.27. The number of benzene rings is 1. The van der Waals surface area contributed by atoms with Crippen LogP contribution in [0.15, 0.2) is 18.2 Å². The SMILES string of the molecule is CCN(CC(=O)O)C(=O)C1(c2cc(C)cc(C)c2)CC1. The first-order valence-corrected chi connectivity index (χ1v) is 6.99. The summed E-state index contributed by atoms with van der Waals surface area (Å²) in [7, 11) is 0. The molecule has 1 aromatic carbocycles. The zero-order chi connectivity index (χ0) is 14.9. The van der Waals surface area contributed by atoms with Gasteiger partial charge in [-0.1, -0.05) is 29.3 Å². The van der Waals surface area contributed by atoms with Gasteiger partial charge < -0.3 is 10.0 Å². The maximum atomic E-state index is 12.7. The number of carbonyl (C=O) groups is 2. The minimum absolute atomic E-state index is 0.0487. The van der Waals surface area contributed by atoms with Gasteiger partial charge in [0, 0.05) is 6.54 Å². The fraction of sp³-hybridized carbons (Fsp3) is 0.500. The van der Waals surface area contributed by atoms with E-state index in [1.807, 2.05) is 32.9 Å². The molecule has 0 radical (unpaired) electrons. The van der Waals surface area contributed by atoms with Crippen LogP contribution < -0.4 is 0 Å². The van der Waals surface area contributed by atoms with E-state index in [4.69, 9.17) is 5.11 Å². The molecule has 0 aliphatic heterocycles. The van der Waals surface area contributed by atoms with E-state index in [9.17, 15) is 9.59 Å². The van der Waals surface area contributed by atoms with Gasteiger partial charge in [-0.25, -0.2) is 0 Å². The maximum Gasteiger partial charge on any atom is 0.323 e. The highest BCUT2D eigenvalue weighted by molar-refractivity contribution is 5.93. The van der Waals surface area contributed by atoms with E-state index in [1.54, 1.807) is 0 Å². The molecule has 0 spiro atoms. The molecule has 1 aliphatic rings. The lowest BCUT2D eigenvalue weighted by Crippen LogP contribution is -2.42. The minimum atomic E-state index is -0.962. The number of carboxylic acids is 1. The molecule has 0 saturated heterocycles. The zero-order valence-electron chi connectivity index (χ0n) is 12.3. The molecule has 1 saturated carbocycles. The van der Waals surface area contributed by atoms with Crippen molar-refractivity contribution in [3.63, 3.8) is 0 Å². The number of hydrogen-bond donors (Lipinski definition) is 1. The highest BCUT2D eigenvalue weighted by Gasteiger charge is 2.53. The average Bonchev–Trinajstić information content (AvgIpc) is 3.15. The van der Waals surface area contributed by atoms with Crippen molar-refractivity contribution in [2.75, 3.05) is 13.1 Å². The van der Waals surface area contributed by atoms with Crippen molar-refractivity contribution >= 4 is 11.9 Å². The molecule has 0 aromatic heterocycles. The van der Waals surface area contributed by atoms with Gasteiger partial charge in [-0.2, -0.15) is 0 Å². The standard InChI is InChI=1S/C16H21NO3/c1-4-17(10-14(18)19)15(20)16(5-6-16)13-8-11(2)7-12(3)9-13/h7-9H,4-6,10H2,1-3H3,(H,18,19). The monoisotopic (exact) mass is 275 g/mol. The van der Waals surface area contributed by atoms with E-state index in [1.165, 1.54) is 4.90 Å². The zero-order valence-corrected chi connectivity index (χ0v) is 12.3. The van der Waals surface area contributed by atoms with Gasteiger partial charge in [0.25, 0.3) is 0 Å². The molecule has 108 valence electrons. The number of nitrogens with zero attached hydrogens (tertiary/aromatic N) is 1. The molecule has 1 aliphatic carbocycles. The Balaban J connectivity index is 2.30. The molecule has 1 fully saturated rings. The molecule has 4 nitrogen and oxygen atoms in total. The van der Waals surface area contributed by atoms with Crippen molar-refractivity contribution in [3.8, 4) is 0 Å². The van der Waals surface area contributed by atoms with Gasteiger partial charge in [-0.05, 0) is 39.2 Å². The lowest BCUT2D eigenvalue weighted by molar-refractivity contribution is -0.145. The first-order chi connectivity index (χ1) is 9.39. The maximum absolute atomic E-state index is 12.7.